The average molecular weight is 427 g/mol. The summed E-state index contributed by atoms with van der Waals surface area (Å²) in [7, 11) is 1.73. The molecule has 0 radical (unpaired) electrons. The quantitative estimate of drug-likeness (QED) is 0.450. The Balaban J connectivity index is 1.75. The van der Waals surface area contributed by atoms with Gasteiger partial charge in [-0.15, -0.1) is 11.3 Å². The summed E-state index contributed by atoms with van der Waals surface area (Å²) >= 11 is 1.41. The van der Waals surface area contributed by atoms with Crippen molar-refractivity contribution in [3.8, 4) is 11.5 Å². The van der Waals surface area contributed by atoms with Crippen LogP contribution in [0, 0.1) is 0 Å². The van der Waals surface area contributed by atoms with Crippen molar-refractivity contribution < 1.29 is 13.7 Å². The molecule has 9 heteroatoms. The second kappa shape index (κ2) is 8.46. The fraction of sp³-hybridized carbons (Fsp3) is 0.100. The molecule has 4 aromatic rings. The third-order valence-corrected chi connectivity index (χ3v) is 6.34. The zero-order chi connectivity index (χ0) is 20.2. The van der Waals surface area contributed by atoms with E-state index in [4.69, 9.17) is 9.47 Å². The molecule has 0 bridgehead atoms. The van der Waals surface area contributed by atoms with Gasteiger partial charge in [-0.25, -0.2) is 14.2 Å². The minimum absolute atomic E-state index is 0.386. The lowest BCUT2D eigenvalue weighted by atomic mass is 10.2. The van der Waals surface area contributed by atoms with Crippen LogP contribution in [-0.2, 0) is 11.0 Å². The molecule has 0 aliphatic rings. The largest absolute Gasteiger partial charge is 0.497 e. The SMILES string of the molecule is COc1cc(Nc2nc3ccccc3nc2NS(=O)c2cccs2)cc(OC)c1. The fourth-order valence-electron chi connectivity index (χ4n) is 2.68. The van der Waals surface area contributed by atoms with Gasteiger partial charge in [0.1, 0.15) is 15.7 Å². The standard InChI is InChI=1S/C20H18N4O3S2/c1-26-14-10-13(11-15(12-14)27-2)21-19-20(24-29(25)18-8-5-9-28-18)23-17-7-4-3-6-16(17)22-19/h3-12H,1-2H3,(H,21,22)(H,23,24). The number of hydrogen-bond acceptors (Lipinski definition) is 7. The number of fused-ring (bicyclic) bond motifs is 1. The monoisotopic (exact) mass is 426 g/mol. The van der Waals surface area contributed by atoms with Crippen molar-refractivity contribution in [2.24, 2.45) is 0 Å². The highest BCUT2D eigenvalue weighted by molar-refractivity contribution is 7.88. The Kier molecular flexibility index (Phi) is 5.59. The maximum Gasteiger partial charge on any atom is 0.182 e. The van der Waals surface area contributed by atoms with Gasteiger partial charge in [-0.1, -0.05) is 18.2 Å². The smallest absolute Gasteiger partial charge is 0.182 e. The summed E-state index contributed by atoms with van der Waals surface area (Å²) < 4.78 is 27.0. The van der Waals surface area contributed by atoms with E-state index in [2.05, 4.69) is 20.0 Å². The number of rotatable bonds is 7. The number of aromatic nitrogens is 2. The van der Waals surface area contributed by atoms with Crippen LogP contribution < -0.4 is 19.5 Å². The molecule has 0 spiro atoms. The highest BCUT2D eigenvalue weighted by Gasteiger charge is 2.14. The number of thiophene rings is 1. The van der Waals surface area contributed by atoms with Gasteiger partial charge in [0.2, 0.25) is 0 Å². The van der Waals surface area contributed by atoms with Gasteiger partial charge in [-0.05, 0) is 23.6 Å². The molecule has 0 aliphatic carbocycles. The van der Waals surface area contributed by atoms with Gasteiger partial charge in [-0.3, -0.25) is 4.72 Å². The number of methoxy groups -OCH3 is 2. The van der Waals surface area contributed by atoms with Crippen LogP contribution in [0.2, 0.25) is 0 Å². The summed E-state index contributed by atoms with van der Waals surface area (Å²) in [5.74, 6) is 2.11. The molecule has 1 unspecified atom stereocenters. The molecule has 1 atom stereocenters. The molecule has 0 saturated heterocycles. The highest BCUT2D eigenvalue weighted by Crippen LogP contribution is 2.31. The Hall–Kier alpha value is -3.17. The van der Waals surface area contributed by atoms with E-state index in [1.807, 2.05) is 53.9 Å². The molecule has 148 valence electrons. The van der Waals surface area contributed by atoms with E-state index < -0.39 is 11.0 Å². The molecule has 0 fully saturated rings. The third kappa shape index (κ3) is 4.30. The minimum atomic E-state index is -1.45. The van der Waals surface area contributed by atoms with Crippen LogP contribution in [0.3, 0.4) is 0 Å². The van der Waals surface area contributed by atoms with Gasteiger partial charge in [0.15, 0.2) is 22.6 Å². The second-order valence-corrected chi connectivity index (χ2v) is 8.33. The van der Waals surface area contributed by atoms with Crippen molar-refractivity contribution in [2.75, 3.05) is 24.3 Å². The van der Waals surface area contributed by atoms with Crippen molar-refractivity contribution in [1.29, 1.82) is 0 Å². The molecule has 7 nitrogen and oxygen atoms in total. The summed E-state index contributed by atoms with van der Waals surface area (Å²) in [6.45, 7) is 0. The van der Waals surface area contributed by atoms with E-state index in [9.17, 15) is 4.21 Å². The van der Waals surface area contributed by atoms with Crippen molar-refractivity contribution in [3.63, 3.8) is 0 Å². The van der Waals surface area contributed by atoms with Crippen molar-refractivity contribution in [3.05, 3.63) is 60.0 Å². The minimum Gasteiger partial charge on any atom is -0.497 e. The molecular weight excluding hydrogens is 408 g/mol. The predicted octanol–water partition coefficient (Wildman–Crippen LogP) is 4.59. The van der Waals surface area contributed by atoms with Crippen LogP contribution in [0.5, 0.6) is 11.5 Å². The van der Waals surface area contributed by atoms with Gasteiger partial charge >= 0.3 is 0 Å². The van der Waals surface area contributed by atoms with Gasteiger partial charge in [0.25, 0.3) is 0 Å². The first kappa shape index (κ1) is 19.2. The molecule has 2 aromatic heterocycles. The molecule has 4 rings (SSSR count). The van der Waals surface area contributed by atoms with E-state index in [-0.39, 0.29) is 0 Å². The number of anilines is 3. The lowest BCUT2D eigenvalue weighted by Gasteiger charge is -2.14. The highest BCUT2D eigenvalue weighted by atomic mass is 32.2. The number of nitrogens with one attached hydrogen (secondary N) is 2. The Morgan fingerprint density at radius 2 is 1.55 bits per heavy atom. The maximum absolute atomic E-state index is 12.7. The molecule has 0 aliphatic heterocycles. The van der Waals surface area contributed by atoms with E-state index in [0.29, 0.717) is 38.5 Å². The lowest BCUT2D eigenvalue weighted by molar-refractivity contribution is 0.395. The van der Waals surface area contributed by atoms with Crippen LogP contribution in [-0.4, -0.2) is 28.4 Å². The summed E-state index contributed by atoms with van der Waals surface area (Å²) in [4.78, 5) is 9.29. The average Bonchev–Trinajstić information content (AvgIpc) is 3.29. The molecule has 2 N–H and O–H groups in total. The van der Waals surface area contributed by atoms with Gasteiger partial charge < -0.3 is 14.8 Å². The van der Waals surface area contributed by atoms with Crippen LogP contribution in [0.25, 0.3) is 11.0 Å². The van der Waals surface area contributed by atoms with Crippen LogP contribution in [0.1, 0.15) is 0 Å². The first-order valence-corrected chi connectivity index (χ1v) is 10.7. The number of para-hydroxylation sites is 2. The molecule has 0 saturated carbocycles. The molecule has 2 aromatic carbocycles. The maximum atomic E-state index is 12.7. The molecule has 29 heavy (non-hydrogen) atoms. The van der Waals surface area contributed by atoms with Gasteiger partial charge in [0, 0.05) is 23.9 Å². The zero-order valence-corrected chi connectivity index (χ0v) is 17.3. The van der Waals surface area contributed by atoms with Crippen molar-refractivity contribution in [2.45, 2.75) is 4.21 Å². The number of ether oxygens (including phenoxy) is 2. The van der Waals surface area contributed by atoms with Crippen LogP contribution >= 0.6 is 11.3 Å². The predicted molar refractivity (Wildman–Crippen MR) is 117 cm³/mol. The Bertz CT molecular complexity index is 1140. The van der Waals surface area contributed by atoms with E-state index in [0.717, 1.165) is 5.52 Å². The third-order valence-electron chi connectivity index (χ3n) is 4.05. The summed E-state index contributed by atoms with van der Waals surface area (Å²) in [6.07, 6.45) is 0. The summed E-state index contributed by atoms with van der Waals surface area (Å²) in [5.41, 5.74) is 2.13. The Morgan fingerprint density at radius 3 is 2.14 bits per heavy atom. The van der Waals surface area contributed by atoms with Gasteiger partial charge in [-0.2, -0.15) is 0 Å². The topological polar surface area (TPSA) is 85.4 Å². The number of hydrogen-bond donors (Lipinski definition) is 2. The second-order valence-electron chi connectivity index (χ2n) is 5.94. The first-order chi connectivity index (χ1) is 14.2. The first-order valence-electron chi connectivity index (χ1n) is 8.65. The van der Waals surface area contributed by atoms with E-state index >= 15 is 0 Å². The number of nitrogens with zero attached hydrogens (tertiary/aromatic N) is 2. The van der Waals surface area contributed by atoms with Gasteiger partial charge in [0.05, 0.1) is 25.3 Å². The Morgan fingerprint density at radius 1 is 0.897 bits per heavy atom. The van der Waals surface area contributed by atoms with E-state index in [1.54, 1.807) is 20.3 Å². The normalized spacial score (nSPS) is 11.8. The molecular formula is C20H18N4O3S2. The molecule has 2 heterocycles. The zero-order valence-electron chi connectivity index (χ0n) is 15.7. The lowest BCUT2D eigenvalue weighted by Crippen LogP contribution is -2.09. The van der Waals surface area contributed by atoms with Crippen molar-refractivity contribution in [1.82, 2.24) is 9.97 Å². The summed E-state index contributed by atoms with van der Waals surface area (Å²) in [6, 6.07) is 16.6. The van der Waals surface area contributed by atoms with Crippen molar-refractivity contribution >= 4 is 50.7 Å². The number of benzene rings is 2. The van der Waals surface area contributed by atoms with Crippen LogP contribution in [0.4, 0.5) is 17.3 Å². The Labute approximate surface area is 174 Å². The fourth-order valence-corrected chi connectivity index (χ4v) is 4.39. The molecule has 0 amide bonds. The van der Waals surface area contributed by atoms with Crippen LogP contribution in [0.15, 0.2) is 64.2 Å². The van der Waals surface area contributed by atoms with E-state index in [1.165, 1.54) is 11.3 Å². The summed E-state index contributed by atoms with van der Waals surface area (Å²) in [5, 5.41) is 5.12.